The molecular weight excluding hydrogens is 378 g/mol. The molecule has 2 rings (SSSR count). The van der Waals surface area contributed by atoms with Crippen molar-refractivity contribution in [3.8, 4) is 5.75 Å². The van der Waals surface area contributed by atoms with E-state index in [0.717, 1.165) is 11.1 Å². The Morgan fingerprint density at radius 1 is 1.14 bits per heavy atom. The van der Waals surface area contributed by atoms with E-state index >= 15 is 0 Å². The van der Waals surface area contributed by atoms with Gasteiger partial charge in [0, 0.05) is 0 Å². The number of methoxy groups -OCH3 is 1. The van der Waals surface area contributed by atoms with E-state index in [4.69, 9.17) is 4.74 Å². The van der Waals surface area contributed by atoms with E-state index in [0.29, 0.717) is 5.75 Å². The number of nitrogens with one attached hydrogen (secondary N) is 2. The predicted molar refractivity (Wildman–Crippen MR) is 109 cm³/mol. The Hall–Kier alpha value is -2.71. The molecule has 0 heterocycles. The minimum atomic E-state index is -3.83. The Morgan fingerprint density at radius 2 is 1.82 bits per heavy atom. The SMILES string of the molecule is COc1cccc(/C=N\NC(=O)[C@H](NS(=O)(=O)c2ccc(C)cc2)C(C)C)c1. The Kier molecular flexibility index (Phi) is 7.31. The molecule has 0 aliphatic heterocycles. The van der Waals surface area contributed by atoms with Crippen LogP contribution in [0.15, 0.2) is 58.5 Å². The van der Waals surface area contributed by atoms with Gasteiger partial charge in [-0.05, 0) is 42.7 Å². The molecule has 0 aliphatic carbocycles. The molecular formula is C20H25N3O4S. The summed E-state index contributed by atoms with van der Waals surface area (Å²) in [6.45, 7) is 5.38. The Morgan fingerprint density at radius 3 is 2.43 bits per heavy atom. The van der Waals surface area contributed by atoms with Crippen molar-refractivity contribution in [2.24, 2.45) is 11.0 Å². The standard InChI is InChI=1S/C20H25N3O4S/c1-14(2)19(23-28(25,26)18-10-8-15(3)9-11-18)20(24)22-21-13-16-6-5-7-17(12-16)27-4/h5-14,19,23H,1-4H3,(H,22,24)/b21-13-/t19-/m1/s1. The van der Waals surface area contributed by atoms with Crippen molar-refractivity contribution in [1.29, 1.82) is 0 Å². The minimum Gasteiger partial charge on any atom is -0.497 e. The van der Waals surface area contributed by atoms with Gasteiger partial charge < -0.3 is 4.74 Å². The summed E-state index contributed by atoms with van der Waals surface area (Å²) in [5.74, 6) is -0.140. The molecule has 7 nitrogen and oxygen atoms in total. The number of aryl methyl sites for hydroxylation is 1. The lowest BCUT2D eigenvalue weighted by Gasteiger charge is -2.20. The van der Waals surface area contributed by atoms with E-state index in [1.165, 1.54) is 18.3 Å². The number of benzene rings is 2. The van der Waals surface area contributed by atoms with E-state index in [1.54, 1.807) is 57.4 Å². The van der Waals surface area contributed by atoms with Gasteiger partial charge in [-0.2, -0.15) is 9.82 Å². The first-order valence-corrected chi connectivity index (χ1v) is 10.3. The number of sulfonamides is 1. The van der Waals surface area contributed by atoms with Crippen LogP contribution in [0.3, 0.4) is 0 Å². The quantitative estimate of drug-likeness (QED) is 0.523. The number of nitrogens with zero attached hydrogens (tertiary/aromatic N) is 1. The summed E-state index contributed by atoms with van der Waals surface area (Å²) >= 11 is 0. The van der Waals surface area contributed by atoms with Gasteiger partial charge >= 0.3 is 0 Å². The monoisotopic (exact) mass is 403 g/mol. The van der Waals surface area contributed by atoms with Crippen LogP contribution >= 0.6 is 0 Å². The summed E-state index contributed by atoms with van der Waals surface area (Å²) in [7, 11) is -2.27. The zero-order chi connectivity index (χ0) is 20.7. The Bertz CT molecular complexity index is 938. The third kappa shape index (κ3) is 5.90. The maximum absolute atomic E-state index is 12.6. The van der Waals surface area contributed by atoms with Crippen molar-refractivity contribution < 1.29 is 17.9 Å². The van der Waals surface area contributed by atoms with Crippen LogP contribution in [0.25, 0.3) is 0 Å². The summed E-state index contributed by atoms with van der Waals surface area (Å²) < 4.78 is 32.8. The third-order valence-corrected chi connectivity index (χ3v) is 5.50. The highest BCUT2D eigenvalue weighted by molar-refractivity contribution is 7.89. The molecule has 150 valence electrons. The van der Waals surface area contributed by atoms with Crippen LogP contribution < -0.4 is 14.9 Å². The second kappa shape index (κ2) is 9.48. The van der Waals surface area contributed by atoms with E-state index < -0.39 is 22.0 Å². The van der Waals surface area contributed by atoms with Gasteiger partial charge in [0.05, 0.1) is 18.2 Å². The summed E-state index contributed by atoms with van der Waals surface area (Å²) in [4.78, 5) is 12.6. The largest absolute Gasteiger partial charge is 0.497 e. The van der Waals surface area contributed by atoms with E-state index in [2.05, 4.69) is 15.2 Å². The lowest BCUT2D eigenvalue weighted by molar-refractivity contribution is -0.123. The number of rotatable bonds is 8. The van der Waals surface area contributed by atoms with Crippen molar-refractivity contribution >= 4 is 22.1 Å². The molecule has 28 heavy (non-hydrogen) atoms. The number of carbonyl (C=O) groups excluding carboxylic acids is 1. The number of carbonyl (C=O) groups is 1. The van der Waals surface area contributed by atoms with Crippen LogP contribution in [0.5, 0.6) is 5.75 Å². The van der Waals surface area contributed by atoms with Gasteiger partial charge in [-0.15, -0.1) is 0 Å². The van der Waals surface area contributed by atoms with Crippen LogP contribution in [0.2, 0.25) is 0 Å². The fourth-order valence-electron chi connectivity index (χ4n) is 2.41. The molecule has 0 spiro atoms. The lowest BCUT2D eigenvalue weighted by Crippen LogP contribution is -2.48. The molecule has 1 amide bonds. The van der Waals surface area contributed by atoms with Gasteiger partial charge in [0.25, 0.3) is 5.91 Å². The van der Waals surface area contributed by atoms with Gasteiger partial charge in [0.1, 0.15) is 11.8 Å². The molecule has 0 saturated heterocycles. The molecule has 0 bridgehead atoms. The molecule has 0 saturated carbocycles. The van der Waals surface area contributed by atoms with Crippen LogP contribution in [-0.2, 0) is 14.8 Å². The van der Waals surface area contributed by atoms with Crippen LogP contribution in [-0.4, -0.2) is 33.7 Å². The molecule has 2 N–H and O–H groups in total. The molecule has 2 aromatic rings. The van der Waals surface area contributed by atoms with E-state index in [9.17, 15) is 13.2 Å². The lowest BCUT2D eigenvalue weighted by atomic mass is 10.1. The third-order valence-electron chi connectivity index (χ3n) is 4.04. The highest BCUT2D eigenvalue weighted by atomic mass is 32.2. The Labute approximate surface area is 165 Å². The highest BCUT2D eigenvalue weighted by Crippen LogP contribution is 2.13. The molecule has 2 aromatic carbocycles. The van der Waals surface area contributed by atoms with Gasteiger partial charge in [-0.1, -0.05) is 43.7 Å². The van der Waals surface area contributed by atoms with Gasteiger partial charge in [0.15, 0.2) is 0 Å². The topological polar surface area (TPSA) is 96.9 Å². The van der Waals surface area contributed by atoms with E-state index in [1.807, 2.05) is 6.92 Å². The second-order valence-corrected chi connectivity index (χ2v) is 8.38. The Balaban J connectivity index is 2.09. The maximum Gasteiger partial charge on any atom is 0.258 e. The number of ether oxygens (including phenoxy) is 1. The van der Waals surface area contributed by atoms with Gasteiger partial charge in [0.2, 0.25) is 10.0 Å². The van der Waals surface area contributed by atoms with Crippen molar-refractivity contribution in [2.45, 2.75) is 31.7 Å². The zero-order valence-electron chi connectivity index (χ0n) is 16.3. The number of hydrazone groups is 1. The van der Waals surface area contributed by atoms with Crippen LogP contribution in [0, 0.1) is 12.8 Å². The van der Waals surface area contributed by atoms with Crippen molar-refractivity contribution in [1.82, 2.24) is 10.1 Å². The number of hydrogen-bond donors (Lipinski definition) is 2. The normalized spacial score (nSPS) is 12.9. The van der Waals surface area contributed by atoms with Gasteiger partial charge in [-0.25, -0.2) is 13.8 Å². The van der Waals surface area contributed by atoms with Crippen molar-refractivity contribution in [2.75, 3.05) is 7.11 Å². The molecule has 0 aliphatic rings. The fourth-order valence-corrected chi connectivity index (χ4v) is 3.75. The average Bonchev–Trinajstić information content (AvgIpc) is 2.66. The predicted octanol–water partition coefficient (Wildman–Crippen LogP) is 2.46. The van der Waals surface area contributed by atoms with Crippen molar-refractivity contribution in [3.05, 3.63) is 59.7 Å². The number of amides is 1. The first-order chi connectivity index (χ1) is 13.2. The smallest absolute Gasteiger partial charge is 0.258 e. The first kappa shape index (κ1) is 21.6. The van der Waals surface area contributed by atoms with Crippen LogP contribution in [0.1, 0.15) is 25.0 Å². The fraction of sp³-hybridized carbons (Fsp3) is 0.300. The number of hydrogen-bond acceptors (Lipinski definition) is 5. The zero-order valence-corrected chi connectivity index (χ0v) is 17.2. The van der Waals surface area contributed by atoms with Gasteiger partial charge in [-0.3, -0.25) is 4.79 Å². The highest BCUT2D eigenvalue weighted by Gasteiger charge is 2.28. The first-order valence-electron chi connectivity index (χ1n) is 8.79. The molecule has 0 fully saturated rings. The second-order valence-electron chi connectivity index (χ2n) is 6.67. The molecule has 0 aromatic heterocycles. The summed E-state index contributed by atoms with van der Waals surface area (Å²) in [5.41, 5.74) is 4.08. The maximum atomic E-state index is 12.6. The van der Waals surface area contributed by atoms with Crippen LogP contribution in [0.4, 0.5) is 0 Å². The molecule has 1 atom stereocenters. The van der Waals surface area contributed by atoms with Crippen molar-refractivity contribution in [3.63, 3.8) is 0 Å². The average molecular weight is 404 g/mol. The van der Waals surface area contributed by atoms with E-state index in [-0.39, 0.29) is 10.8 Å². The molecule has 0 unspecified atom stereocenters. The minimum absolute atomic E-state index is 0.108. The summed E-state index contributed by atoms with van der Waals surface area (Å²) in [6, 6.07) is 12.6. The molecule has 0 radical (unpaired) electrons. The summed E-state index contributed by atoms with van der Waals surface area (Å²) in [5, 5.41) is 3.92. The summed E-state index contributed by atoms with van der Waals surface area (Å²) in [6.07, 6.45) is 1.46. The molecule has 8 heteroatoms.